The summed E-state index contributed by atoms with van der Waals surface area (Å²) in [4.78, 5) is 0. The first-order valence-electron chi connectivity index (χ1n) is 6.16. The van der Waals surface area contributed by atoms with Crippen LogP contribution in [0.4, 0.5) is 14.5 Å². The Morgan fingerprint density at radius 1 is 1.14 bits per heavy atom. The minimum Gasteiger partial charge on any atom is -0.435 e. The highest BCUT2D eigenvalue weighted by Crippen LogP contribution is 2.21. The third-order valence-electron chi connectivity index (χ3n) is 2.72. The molecule has 0 aromatic heterocycles. The molecule has 0 spiro atoms. The molecular weight excluding hydrogens is 298 g/mol. The van der Waals surface area contributed by atoms with Crippen LogP contribution in [0, 0.1) is 0 Å². The van der Waals surface area contributed by atoms with E-state index < -0.39 is 6.61 Å². The summed E-state index contributed by atoms with van der Waals surface area (Å²) in [5.74, 6) is 0.112. The number of rotatable bonds is 5. The molecule has 2 aromatic rings. The van der Waals surface area contributed by atoms with E-state index in [1.807, 2.05) is 12.1 Å². The fourth-order valence-corrected chi connectivity index (χ4v) is 1.82. The Kier molecular flexibility index (Phi) is 5.11. The van der Waals surface area contributed by atoms with E-state index in [4.69, 9.17) is 11.6 Å². The van der Waals surface area contributed by atoms with E-state index >= 15 is 0 Å². The fraction of sp³-hybridized carbons (Fsp3) is 0.133. The van der Waals surface area contributed by atoms with Gasteiger partial charge in [0, 0.05) is 0 Å². The maximum absolute atomic E-state index is 12.1. The molecule has 2 rings (SSSR count). The number of nitrogens with one attached hydrogen (secondary N) is 1. The zero-order valence-electron chi connectivity index (χ0n) is 11.2. The molecule has 0 fully saturated rings. The lowest BCUT2D eigenvalue weighted by Gasteiger charge is -2.07. The highest BCUT2D eigenvalue weighted by Gasteiger charge is 2.05. The Hall–Kier alpha value is -2.14. The van der Waals surface area contributed by atoms with Crippen LogP contribution in [-0.4, -0.2) is 12.3 Å². The lowest BCUT2D eigenvalue weighted by molar-refractivity contribution is -0.0498. The van der Waals surface area contributed by atoms with Gasteiger partial charge in [-0.2, -0.15) is 13.9 Å². The third-order valence-corrected chi connectivity index (χ3v) is 3.04. The zero-order chi connectivity index (χ0) is 15.2. The summed E-state index contributed by atoms with van der Waals surface area (Å²) >= 11 is 6.00. The molecule has 0 radical (unpaired) electrons. The first-order valence-corrected chi connectivity index (χ1v) is 6.54. The molecule has 1 N–H and O–H groups in total. The van der Waals surface area contributed by atoms with E-state index in [9.17, 15) is 8.78 Å². The van der Waals surface area contributed by atoms with Crippen LogP contribution in [0.5, 0.6) is 5.75 Å². The smallest absolute Gasteiger partial charge is 0.387 e. The van der Waals surface area contributed by atoms with Gasteiger partial charge in [-0.15, -0.1) is 0 Å². The molecule has 0 amide bonds. The normalized spacial score (nSPS) is 11.6. The Balaban J connectivity index is 2.07. The highest BCUT2D eigenvalue weighted by atomic mass is 35.5. The lowest BCUT2D eigenvalue weighted by Crippen LogP contribution is -2.03. The number of nitrogens with zero attached hydrogens (tertiary/aromatic N) is 1. The summed E-state index contributed by atoms with van der Waals surface area (Å²) in [5, 5.41) is 4.77. The third kappa shape index (κ3) is 4.43. The number of benzene rings is 2. The van der Waals surface area contributed by atoms with Crippen LogP contribution in [-0.2, 0) is 0 Å². The van der Waals surface area contributed by atoms with Crippen molar-refractivity contribution in [3.05, 3.63) is 59.1 Å². The van der Waals surface area contributed by atoms with Gasteiger partial charge in [-0.25, -0.2) is 0 Å². The average Bonchev–Trinajstić information content (AvgIpc) is 2.46. The quantitative estimate of drug-likeness (QED) is 0.637. The van der Waals surface area contributed by atoms with Gasteiger partial charge in [0.25, 0.3) is 0 Å². The van der Waals surface area contributed by atoms with Gasteiger partial charge in [-0.1, -0.05) is 23.7 Å². The Labute approximate surface area is 126 Å². The molecule has 0 heterocycles. The largest absolute Gasteiger partial charge is 0.435 e. The van der Waals surface area contributed by atoms with Crippen molar-refractivity contribution in [3.63, 3.8) is 0 Å². The van der Waals surface area contributed by atoms with E-state index in [2.05, 4.69) is 15.3 Å². The first kappa shape index (κ1) is 15.3. The van der Waals surface area contributed by atoms with Gasteiger partial charge in [-0.3, -0.25) is 5.43 Å². The predicted molar refractivity (Wildman–Crippen MR) is 80.4 cm³/mol. The van der Waals surface area contributed by atoms with Gasteiger partial charge in [0.2, 0.25) is 0 Å². The van der Waals surface area contributed by atoms with Crippen LogP contribution >= 0.6 is 11.6 Å². The molecule has 0 aliphatic heterocycles. The van der Waals surface area contributed by atoms with Gasteiger partial charge >= 0.3 is 6.61 Å². The molecule has 6 heteroatoms. The van der Waals surface area contributed by atoms with Crippen LogP contribution < -0.4 is 10.2 Å². The van der Waals surface area contributed by atoms with Crippen molar-refractivity contribution in [2.75, 3.05) is 5.43 Å². The number of anilines is 1. The highest BCUT2D eigenvalue weighted by molar-refractivity contribution is 6.33. The summed E-state index contributed by atoms with van der Waals surface area (Å²) in [7, 11) is 0. The molecule has 110 valence electrons. The van der Waals surface area contributed by atoms with Crippen molar-refractivity contribution in [2.24, 2.45) is 5.10 Å². The van der Waals surface area contributed by atoms with E-state index in [1.165, 1.54) is 12.1 Å². The molecule has 2 aromatic carbocycles. The second kappa shape index (κ2) is 7.04. The van der Waals surface area contributed by atoms with Gasteiger partial charge in [0.1, 0.15) is 5.75 Å². The molecule has 0 saturated carbocycles. The van der Waals surface area contributed by atoms with E-state index in [0.717, 1.165) is 5.56 Å². The van der Waals surface area contributed by atoms with Gasteiger partial charge < -0.3 is 4.74 Å². The van der Waals surface area contributed by atoms with E-state index in [1.54, 1.807) is 31.2 Å². The summed E-state index contributed by atoms with van der Waals surface area (Å²) in [6.45, 7) is -1.03. The molecule has 0 bridgehead atoms. The van der Waals surface area contributed by atoms with Crippen molar-refractivity contribution in [3.8, 4) is 5.75 Å². The Bertz CT molecular complexity index is 630. The van der Waals surface area contributed by atoms with Crippen molar-refractivity contribution < 1.29 is 13.5 Å². The van der Waals surface area contributed by atoms with Crippen LogP contribution in [0.1, 0.15) is 12.5 Å². The van der Waals surface area contributed by atoms with Crippen LogP contribution in [0.15, 0.2) is 53.6 Å². The zero-order valence-corrected chi connectivity index (χ0v) is 11.9. The maximum Gasteiger partial charge on any atom is 0.387 e. The molecule has 0 aliphatic rings. The molecule has 21 heavy (non-hydrogen) atoms. The fourth-order valence-electron chi connectivity index (χ4n) is 1.64. The summed E-state index contributed by atoms with van der Waals surface area (Å²) in [6, 6.07) is 13.5. The summed E-state index contributed by atoms with van der Waals surface area (Å²) in [5.41, 5.74) is 5.03. The lowest BCUT2D eigenvalue weighted by atomic mass is 10.1. The van der Waals surface area contributed by atoms with E-state index in [-0.39, 0.29) is 5.75 Å². The molecule has 0 saturated heterocycles. The molecule has 0 atom stereocenters. The Morgan fingerprint density at radius 2 is 1.81 bits per heavy atom. The number of halogens is 3. The SMILES string of the molecule is C/C(=N/Nc1ccccc1Cl)c1ccc(OC(F)F)cc1. The van der Waals surface area contributed by atoms with Gasteiger partial charge in [0.05, 0.1) is 16.4 Å². The minimum atomic E-state index is -2.83. The average molecular weight is 311 g/mol. The van der Waals surface area contributed by atoms with Crippen LogP contribution in [0.2, 0.25) is 5.02 Å². The number of hydrazone groups is 1. The molecule has 3 nitrogen and oxygen atoms in total. The van der Waals surface area contributed by atoms with Crippen molar-refractivity contribution in [1.82, 2.24) is 0 Å². The Morgan fingerprint density at radius 3 is 2.43 bits per heavy atom. The number of para-hydroxylation sites is 1. The number of hydrogen-bond acceptors (Lipinski definition) is 3. The van der Waals surface area contributed by atoms with Crippen molar-refractivity contribution in [1.29, 1.82) is 0 Å². The first-order chi connectivity index (χ1) is 10.1. The predicted octanol–water partition coefficient (Wildman–Crippen LogP) is 4.78. The monoisotopic (exact) mass is 310 g/mol. The van der Waals surface area contributed by atoms with E-state index in [0.29, 0.717) is 16.4 Å². The minimum absolute atomic E-state index is 0.112. The topological polar surface area (TPSA) is 33.6 Å². The number of ether oxygens (including phenoxy) is 1. The molecule has 0 aliphatic carbocycles. The maximum atomic E-state index is 12.1. The summed E-state index contributed by atoms with van der Waals surface area (Å²) < 4.78 is 28.4. The van der Waals surface area contributed by atoms with Crippen molar-refractivity contribution in [2.45, 2.75) is 13.5 Å². The molecule has 0 unspecified atom stereocenters. The van der Waals surface area contributed by atoms with Crippen LogP contribution in [0.3, 0.4) is 0 Å². The molecular formula is C15H13ClF2N2O. The number of alkyl halides is 2. The van der Waals surface area contributed by atoms with Gasteiger partial charge in [0.15, 0.2) is 0 Å². The standard InChI is InChI=1S/C15H13ClF2N2O/c1-10(19-20-14-5-3-2-4-13(14)16)11-6-8-12(9-7-11)21-15(17)18/h2-9,15,20H,1H3/b19-10-. The number of hydrogen-bond donors (Lipinski definition) is 1. The summed E-state index contributed by atoms with van der Waals surface area (Å²) in [6.07, 6.45) is 0. The van der Waals surface area contributed by atoms with Gasteiger partial charge in [-0.05, 0) is 48.9 Å². The second-order valence-corrected chi connectivity index (χ2v) is 4.60. The van der Waals surface area contributed by atoms with Crippen molar-refractivity contribution >= 4 is 23.0 Å². The van der Waals surface area contributed by atoms with Crippen LogP contribution in [0.25, 0.3) is 0 Å². The second-order valence-electron chi connectivity index (χ2n) is 4.19.